The molecule has 0 spiro atoms. The molecule has 20 heavy (non-hydrogen) atoms. The van der Waals surface area contributed by atoms with Gasteiger partial charge in [0.25, 0.3) is 0 Å². The first-order chi connectivity index (χ1) is 9.70. The standard InChI is InChI=1S/C14H13Cl2N3O/c15-9-1-4-13(12(16)5-9)20-14-8-18-11(7-19-14)6-17-10-2-3-10/h1,4-5,7-8,10,17H,2-3,6H2. The van der Waals surface area contributed by atoms with Gasteiger partial charge in [0.15, 0.2) is 0 Å². The molecular formula is C14H13Cl2N3O. The number of rotatable bonds is 5. The molecule has 2 aromatic rings. The lowest BCUT2D eigenvalue weighted by Crippen LogP contribution is -2.16. The van der Waals surface area contributed by atoms with Crippen LogP contribution in [0.5, 0.6) is 11.6 Å². The minimum Gasteiger partial charge on any atom is -0.436 e. The maximum absolute atomic E-state index is 6.03. The van der Waals surface area contributed by atoms with Crippen molar-refractivity contribution in [3.63, 3.8) is 0 Å². The van der Waals surface area contributed by atoms with Crippen LogP contribution in [0.1, 0.15) is 18.5 Å². The molecule has 0 amide bonds. The highest BCUT2D eigenvalue weighted by atomic mass is 35.5. The molecule has 1 aliphatic carbocycles. The number of ether oxygens (including phenoxy) is 1. The molecule has 0 bridgehead atoms. The Balaban J connectivity index is 1.64. The van der Waals surface area contributed by atoms with Crippen LogP contribution in [0.4, 0.5) is 0 Å². The summed E-state index contributed by atoms with van der Waals surface area (Å²) in [6.45, 7) is 0.736. The molecule has 4 nitrogen and oxygen atoms in total. The average molecular weight is 310 g/mol. The topological polar surface area (TPSA) is 47.0 Å². The fraction of sp³-hybridized carbons (Fsp3) is 0.286. The first-order valence-electron chi connectivity index (χ1n) is 6.38. The Labute approximate surface area is 127 Å². The highest BCUT2D eigenvalue weighted by Crippen LogP contribution is 2.30. The molecule has 0 radical (unpaired) electrons. The largest absolute Gasteiger partial charge is 0.436 e. The number of halogens is 2. The number of nitrogens with zero attached hydrogens (tertiary/aromatic N) is 2. The number of aromatic nitrogens is 2. The monoisotopic (exact) mass is 309 g/mol. The lowest BCUT2D eigenvalue weighted by atomic mass is 10.3. The normalized spacial score (nSPS) is 14.3. The Hall–Kier alpha value is -1.36. The van der Waals surface area contributed by atoms with Crippen LogP contribution < -0.4 is 10.1 Å². The first kappa shape index (κ1) is 13.6. The maximum atomic E-state index is 6.03. The molecule has 1 N–H and O–H groups in total. The van der Waals surface area contributed by atoms with Gasteiger partial charge in [0.1, 0.15) is 5.75 Å². The summed E-state index contributed by atoms with van der Waals surface area (Å²) in [7, 11) is 0. The second kappa shape index (κ2) is 5.95. The van der Waals surface area contributed by atoms with Gasteiger partial charge in [-0.3, -0.25) is 4.98 Å². The molecule has 6 heteroatoms. The highest BCUT2D eigenvalue weighted by Gasteiger charge is 2.20. The minimum atomic E-state index is 0.407. The SMILES string of the molecule is Clc1ccc(Oc2cnc(CNC3CC3)cn2)c(Cl)c1. The zero-order chi connectivity index (χ0) is 13.9. The number of hydrogen-bond acceptors (Lipinski definition) is 4. The summed E-state index contributed by atoms with van der Waals surface area (Å²) < 4.78 is 5.57. The molecule has 1 aromatic carbocycles. The van der Waals surface area contributed by atoms with Crippen molar-refractivity contribution < 1.29 is 4.74 Å². The van der Waals surface area contributed by atoms with Crippen molar-refractivity contribution in [1.29, 1.82) is 0 Å². The van der Waals surface area contributed by atoms with Crippen LogP contribution >= 0.6 is 23.2 Å². The van der Waals surface area contributed by atoms with Crippen LogP contribution in [0.2, 0.25) is 10.0 Å². The van der Waals surface area contributed by atoms with Crippen molar-refractivity contribution in [2.75, 3.05) is 0 Å². The second-order valence-corrected chi connectivity index (χ2v) is 5.52. The third kappa shape index (κ3) is 3.60. The van der Waals surface area contributed by atoms with Gasteiger partial charge in [0.05, 0.1) is 23.1 Å². The summed E-state index contributed by atoms with van der Waals surface area (Å²) in [5.41, 5.74) is 0.895. The van der Waals surface area contributed by atoms with Crippen LogP contribution in [0, 0.1) is 0 Å². The van der Waals surface area contributed by atoms with E-state index in [1.54, 1.807) is 30.6 Å². The summed E-state index contributed by atoms with van der Waals surface area (Å²) in [4.78, 5) is 8.52. The third-order valence-electron chi connectivity index (χ3n) is 2.94. The van der Waals surface area contributed by atoms with Crippen LogP contribution in [0.3, 0.4) is 0 Å². The molecule has 0 saturated heterocycles. The summed E-state index contributed by atoms with van der Waals surface area (Å²) in [5, 5.41) is 4.39. The molecule has 0 atom stereocenters. The van der Waals surface area contributed by atoms with E-state index in [1.807, 2.05) is 0 Å². The Morgan fingerprint density at radius 1 is 1.20 bits per heavy atom. The number of benzene rings is 1. The summed E-state index contributed by atoms with van der Waals surface area (Å²) in [6.07, 6.45) is 5.80. The molecule has 104 valence electrons. The quantitative estimate of drug-likeness (QED) is 0.912. The minimum absolute atomic E-state index is 0.407. The molecular weight excluding hydrogens is 297 g/mol. The van der Waals surface area contributed by atoms with Gasteiger partial charge in [0.2, 0.25) is 5.88 Å². The number of nitrogens with one attached hydrogen (secondary N) is 1. The van der Waals surface area contributed by atoms with Gasteiger partial charge < -0.3 is 10.1 Å². The van der Waals surface area contributed by atoms with Gasteiger partial charge in [-0.25, -0.2) is 4.98 Å². The zero-order valence-corrected chi connectivity index (χ0v) is 12.2. The summed E-state index contributed by atoms with van der Waals surface area (Å²) in [5.74, 6) is 0.915. The van der Waals surface area contributed by atoms with Crippen molar-refractivity contribution >= 4 is 23.2 Å². The smallest absolute Gasteiger partial charge is 0.237 e. The fourth-order valence-electron chi connectivity index (χ4n) is 1.69. The molecule has 1 saturated carbocycles. The lowest BCUT2D eigenvalue weighted by molar-refractivity contribution is 0.459. The van der Waals surface area contributed by atoms with Crippen molar-refractivity contribution in [3.05, 3.63) is 46.3 Å². The van der Waals surface area contributed by atoms with E-state index in [2.05, 4.69) is 15.3 Å². The van der Waals surface area contributed by atoms with Crippen LogP contribution in [-0.2, 0) is 6.54 Å². The van der Waals surface area contributed by atoms with Crippen LogP contribution in [0.15, 0.2) is 30.6 Å². The molecule has 1 aliphatic rings. The molecule has 1 heterocycles. The van der Waals surface area contributed by atoms with E-state index in [-0.39, 0.29) is 0 Å². The predicted molar refractivity (Wildman–Crippen MR) is 78.4 cm³/mol. The maximum Gasteiger partial charge on any atom is 0.237 e. The van der Waals surface area contributed by atoms with E-state index in [4.69, 9.17) is 27.9 Å². The summed E-state index contributed by atoms with van der Waals surface area (Å²) >= 11 is 11.9. The van der Waals surface area contributed by atoms with Crippen LogP contribution in [-0.4, -0.2) is 16.0 Å². The van der Waals surface area contributed by atoms with Crippen molar-refractivity contribution in [3.8, 4) is 11.6 Å². The molecule has 0 aliphatic heterocycles. The molecule has 0 unspecified atom stereocenters. The van der Waals surface area contributed by atoms with Crippen molar-refractivity contribution in [2.24, 2.45) is 0 Å². The first-order valence-corrected chi connectivity index (χ1v) is 7.13. The Morgan fingerprint density at radius 2 is 2.05 bits per heavy atom. The van der Waals surface area contributed by atoms with Gasteiger partial charge in [-0.05, 0) is 31.0 Å². The number of hydrogen-bond donors (Lipinski definition) is 1. The van der Waals surface area contributed by atoms with Crippen molar-refractivity contribution in [2.45, 2.75) is 25.4 Å². The van der Waals surface area contributed by atoms with Gasteiger partial charge in [0, 0.05) is 17.6 Å². The Bertz CT molecular complexity index is 600. The molecule has 1 aromatic heterocycles. The van der Waals surface area contributed by atoms with E-state index in [0.717, 1.165) is 12.2 Å². The van der Waals surface area contributed by atoms with Gasteiger partial charge >= 0.3 is 0 Å². The predicted octanol–water partition coefficient (Wildman–Crippen LogP) is 3.83. The highest BCUT2D eigenvalue weighted by molar-refractivity contribution is 6.35. The van der Waals surface area contributed by atoms with Crippen LogP contribution in [0.25, 0.3) is 0 Å². The van der Waals surface area contributed by atoms with E-state index in [1.165, 1.54) is 12.8 Å². The van der Waals surface area contributed by atoms with E-state index < -0.39 is 0 Å². The molecule has 3 rings (SSSR count). The molecule has 1 fully saturated rings. The van der Waals surface area contributed by atoms with Gasteiger partial charge in [-0.1, -0.05) is 23.2 Å². The van der Waals surface area contributed by atoms with E-state index >= 15 is 0 Å². The van der Waals surface area contributed by atoms with Crippen molar-refractivity contribution in [1.82, 2.24) is 15.3 Å². The van der Waals surface area contributed by atoms with E-state index in [0.29, 0.717) is 27.7 Å². The fourth-order valence-corrected chi connectivity index (χ4v) is 2.14. The third-order valence-corrected chi connectivity index (χ3v) is 3.47. The van der Waals surface area contributed by atoms with E-state index in [9.17, 15) is 0 Å². The lowest BCUT2D eigenvalue weighted by Gasteiger charge is -2.07. The second-order valence-electron chi connectivity index (χ2n) is 4.68. The Morgan fingerprint density at radius 3 is 2.70 bits per heavy atom. The van der Waals surface area contributed by atoms with Gasteiger partial charge in [-0.15, -0.1) is 0 Å². The van der Waals surface area contributed by atoms with Gasteiger partial charge in [-0.2, -0.15) is 0 Å². The summed E-state index contributed by atoms with van der Waals surface area (Å²) in [6, 6.07) is 5.69. The average Bonchev–Trinajstić information content (AvgIpc) is 3.25. The zero-order valence-electron chi connectivity index (χ0n) is 10.6. The Kier molecular flexibility index (Phi) is 4.05.